The van der Waals surface area contributed by atoms with Crippen LogP contribution in [-0.2, 0) is 6.54 Å². The second kappa shape index (κ2) is 8.18. The fraction of sp³-hybridized carbons (Fsp3) is 0.545. The highest BCUT2D eigenvalue weighted by molar-refractivity contribution is 5.42. The molecule has 3 aromatic rings. The van der Waals surface area contributed by atoms with E-state index in [0.29, 0.717) is 6.04 Å². The average molecular weight is 410 g/mol. The van der Waals surface area contributed by atoms with Crippen LogP contribution in [0.3, 0.4) is 0 Å². The van der Waals surface area contributed by atoms with Crippen LogP contribution in [0.2, 0.25) is 0 Å². The average Bonchev–Trinajstić information content (AvgIpc) is 3.10. The number of aryl methyl sites for hydroxylation is 2. The van der Waals surface area contributed by atoms with Gasteiger partial charge in [-0.2, -0.15) is 5.10 Å². The summed E-state index contributed by atoms with van der Waals surface area (Å²) < 4.78 is 3.70. The van der Waals surface area contributed by atoms with Gasteiger partial charge in [0.15, 0.2) is 0 Å². The highest BCUT2D eigenvalue weighted by Gasteiger charge is 2.24. The molecule has 0 saturated carbocycles. The quantitative estimate of drug-likeness (QED) is 0.645. The zero-order chi connectivity index (χ0) is 21.4. The minimum atomic E-state index is -0.0325. The number of anilines is 1. The molecule has 0 spiro atoms. The van der Waals surface area contributed by atoms with Crippen LogP contribution in [0.25, 0.3) is 5.78 Å². The molecule has 8 nitrogen and oxygen atoms in total. The summed E-state index contributed by atoms with van der Waals surface area (Å²) in [7, 11) is 1.99. The summed E-state index contributed by atoms with van der Waals surface area (Å²) in [6.07, 6.45) is 5.88. The number of likely N-dealkylation sites (tertiary alicyclic amines) is 1. The normalized spacial score (nSPS) is 17.7. The highest BCUT2D eigenvalue weighted by Crippen LogP contribution is 2.22. The zero-order valence-electron chi connectivity index (χ0n) is 18.5. The molecule has 0 unspecified atom stereocenters. The van der Waals surface area contributed by atoms with Crippen molar-refractivity contribution in [3.05, 3.63) is 52.0 Å². The fourth-order valence-electron chi connectivity index (χ4n) is 4.17. The monoisotopic (exact) mass is 409 g/mol. The second-order valence-electron chi connectivity index (χ2n) is 8.67. The maximum absolute atomic E-state index is 12.7. The smallest absolute Gasteiger partial charge is 0.269 e. The number of imidazole rings is 1. The number of aromatic nitrogens is 5. The van der Waals surface area contributed by atoms with Gasteiger partial charge in [0.25, 0.3) is 5.56 Å². The van der Waals surface area contributed by atoms with Crippen molar-refractivity contribution in [3.8, 4) is 0 Å². The SMILES string of the molecule is Cc1cc(C)n2cc(CN3CCC[C@@H](n4ncc(N(C)C(C)C)cc4=O)C3)nc2n1. The van der Waals surface area contributed by atoms with E-state index in [4.69, 9.17) is 4.98 Å². The van der Waals surface area contributed by atoms with Crippen molar-refractivity contribution in [2.24, 2.45) is 0 Å². The third-order valence-corrected chi connectivity index (χ3v) is 6.02. The third-order valence-electron chi connectivity index (χ3n) is 6.02. The lowest BCUT2D eigenvalue weighted by Crippen LogP contribution is -2.40. The molecule has 1 fully saturated rings. The van der Waals surface area contributed by atoms with E-state index in [2.05, 4.69) is 52.9 Å². The summed E-state index contributed by atoms with van der Waals surface area (Å²) in [6, 6.07) is 4.17. The summed E-state index contributed by atoms with van der Waals surface area (Å²) in [5.74, 6) is 0.749. The van der Waals surface area contributed by atoms with E-state index in [-0.39, 0.29) is 11.6 Å². The first kappa shape index (κ1) is 20.5. The summed E-state index contributed by atoms with van der Waals surface area (Å²) in [5.41, 5.74) is 3.95. The molecule has 1 atom stereocenters. The van der Waals surface area contributed by atoms with Crippen LogP contribution in [-0.4, -0.2) is 55.2 Å². The van der Waals surface area contributed by atoms with Gasteiger partial charge in [0.05, 0.1) is 23.6 Å². The molecule has 4 heterocycles. The van der Waals surface area contributed by atoms with E-state index < -0.39 is 0 Å². The minimum absolute atomic E-state index is 0.0325. The van der Waals surface area contributed by atoms with Crippen LogP contribution >= 0.6 is 0 Å². The number of rotatable bonds is 5. The standard InChI is InChI=1S/C22H31N7O/c1-15(2)26(5)20-10-21(30)29(23-11-20)19-7-6-8-27(14-19)12-18-13-28-17(4)9-16(3)24-22(28)25-18/h9-11,13,15,19H,6-8,12,14H2,1-5H3/t19-/m1/s1. The van der Waals surface area contributed by atoms with Gasteiger partial charge in [-0.25, -0.2) is 14.6 Å². The molecule has 0 radical (unpaired) electrons. The Labute approximate surface area is 177 Å². The third kappa shape index (κ3) is 4.09. The van der Waals surface area contributed by atoms with Gasteiger partial charge in [0, 0.05) is 49.8 Å². The number of fused-ring (bicyclic) bond motifs is 1. The van der Waals surface area contributed by atoms with Gasteiger partial charge in [-0.3, -0.25) is 14.1 Å². The molecule has 0 aromatic carbocycles. The van der Waals surface area contributed by atoms with E-state index in [1.165, 1.54) is 0 Å². The van der Waals surface area contributed by atoms with Gasteiger partial charge in [-0.15, -0.1) is 0 Å². The lowest BCUT2D eigenvalue weighted by atomic mass is 10.1. The van der Waals surface area contributed by atoms with Crippen LogP contribution in [0.5, 0.6) is 0 Å². The van der Waals surface area contributed by atoms with Gasteiger partial charge < -0.3 is 4.90 Å². The van der Waals surface area contributed by atoms with Crippen LogP contribution in [0.4, 0.5) is 5.69 Å². The number of hydrogen-bond donors (Lipinski definition) is 0. The molecular weight excluding hydrogens is 378 g/mol. The molecule has 1 aliphatic heterocycles. The summed E-state index contributed by atoms with van der Waals surface area (Å²) >= 11 is 0. The molecule has 8 heteroatoms. The van der Waals surface area contributed by atoms with Crippen LogP contribution < -0.4 is 10.5 Å². The highest BCUT2D eigenvalue weighted by atomic mass is 16.1. The predicted molar refractivity (Wildman–Crippen MR) is 118 cm³/mol. The van der Waals surface area contributed by atoms with E-state index in [1.54, 1.807) is 16.9 Å². The first-order valence-corrected chi connectivity index (χ1v) is 10.7. The van der Waals surface area contributed by atoms with Crippen molar-refractivity contribution in [1.82, 2.24) is 29.0 Å². The van der Waals surface area contributed by atoms with Crippen molar-refractivity contribution in [2.75, 3.05) is 25.0 Å². The minimum Gasteiger partial charge on any atom is -0.371 e. The summed E-state index contributed by atoms with van der Waals surface area (Å²) in [4.78, 5) is 26.4. The largest absolute Gasteiger partial charge is 0.371 e. The first-order valence-electron chi connectivity index (χ1n) is 10.7. The molecular formula is C22H31N7O. The predicted octanol–water partition coefficient (Wildman–Crippen LogP) is 2.58. The Hall–Kier alpha value is -2.74. The van der Waals surface area contributed by atoms with E-state index in [0.717, 1.165) is 61.0 Å². The zero-order valence-corrected chi connectivity index (χ0v) is 18.5. The van der Waals surface area contributed by atoms with Crippen molar-refractivity contribution >= 4 is 11.5 Å². The molecule has 0 aliphatic carbocycles. The van der Waals surface area contributed by atoms with Gasteiger partial charge >= 0.3 is 0 Å². The number of nitrogens with zero attached hydrogens (tertiary/aromatic N) is 7. The van der Waals surface area contributed by atoms with Gasteiger partial charge in [-0.05, 0) is 53.1 Å². The maximum atomic E-state index is 12.7. The van der Waals surface area contributed by atoms with Crippen molar-refractivity contribution in [2.45, 2.75) is 59.2 Å². The van der Waals surface area contributed by atoms with Gasteiger partial charge in [-0.1, -0.05) is 0 Å². The van der Waals surface area contributed by atoms with Crippen molar-refractivity contribution in [1.29, 1.82) is 0 Å². The maximum Gasteiger partial charge on any atom is 0.269 e. The van der Waals surface area contributed by atoms with Crippen molar-refractivity contribution < 1.29 is 0 Å². The summed E-state index contributed by atoms with van der Waals surface area (Å²) in [5, 5.41) is 4.51. The molecule has 0 amide bonds. The second-order valence-corrected chi connectivity index (χ2v) is 8.67. The lowest BCUT2D eigenvalue weighted by molar-refractivity contribution is 0.158. The molecule has 4 rings (SSSR count). The molecule has 1 saturated heterocycles. The Balaban J connectivity index is 1.50. The van der Waals surface area contributed by atoms with Gasteiger partial charge in [0.1, 0.15) is 0 Å². The Morgan fingerprint density at radius 1 is 1.23 bits per heavy atom. The first-order chi connectivity index (χ1) is 14.3. The fourth-order valence-corrected chi connectivity index (χ4v) is 4.17. The Morgan fingerprint density at radius 2 is 2.03 bits per heavy atom. The number of piperidine rings is 1. The Kier molecular flexibility index (Phi) is 5.60. The van der Waals surface area contributed by atoms with Gasteiger partial charge in [0.2, 0.25) is 5.78 Å². The molecule has 3 aromatic heterocycles. The topological polar surface area (TPSA) is 71.6 Å². The van der Waals surface area contributed by atoms with E-state index >= 15 is 0 Å². The molecule has 0 bridgehead atoms. The molecule has 0 N–H and O–H groups in total. The summed E-state index contributed by atoms with van der Waals surface area (Å²) in [6.45, 7) is 10.8. The van der Waals surface area contributed by atoms with Crippen LogP contribution in [0.15, 0.2) is 29.3 Å². The molecule has 160 valence electrons. The molecule has 1 aliphatic rings. The molecule has 30 heavy (non-hydrogen) atoms. The van der Waals surface area contributed by atoms with E-state index in [1.807, 2.05) is 18.4 Å². The lowest BCUT2D eigenvalue weighted by Gasteiger charge is -2.32. The van der Waals surface area contributed by atoms with E-state index in [9.17, 15) is 4.79 Å². The Bertz CT molecular complexity index is 1100. The Morgan fingerprint density at radius 3 is 2.77 bits per heavy atom. The number of hydrogen-bond acceptors (Lipinski definition) is 6. The van der Waals surface area contributed by atoms with Crippen LogP contribution in [0.1, 0.15) is 49.8 Å². The van der Waals surface area contributed by atoms with Crippen LogP contribution in [0, 0.1) is 13.8 Å². The van der Waals surface area contributed by atoms with Crippen molar-refractivity contribution in [3.63, 3.8) is 0 Å².